The first-order valence-electron chi connectivity index (χ1n) is 9.48. The number of ether oxygens (including phenoxy) is 2. The summed E-state index contributed by atoms with van der Waals surface area (Å²) < 4.78 is 11.5. The molecule has 3 N–H and O–H groups in total. The Morgan fingerprint density at radius 2 is 1.59 bits per heavy atom. The van der Waals surface area contributed by atoms with Crippen LogP contribution < -0.4 is 25.6 Å². The van der Waals surface area contributed by atoms with E-state index in [2.05, 4.69) is 32.1 Å². The smallest absolute Gasteiger partial charge is 0.269 e. The van der Waals surface area contributed by atoms with Crippen molar-refractivity contribution in [1.29, 1.82) is 0 Å². The fourth-order valence-corrected chi connectivity index (χ4v) is 3.33. The van der Waals surface area contributed by atoms with Gasteiger partial charge in [0.2, 0.25) is 0 Å². The largest absolute Gasteiger partial charge is 0.496 e. The van der Waals surface area contributed by atoms with Crippen LogP contribution >= 0.6 is 28.1 Å². The number of carbonyl (C=O) groups is 2. The summed E-state index contributed by atoms with van der Waals surface area (Å²) in [6.45, 7) is 0.437. The van der Waals surface area contributed by atoms with Gasteiger partial charge in [0.05, 0.1) is 11.6 Å². The molecule has 3 rings (SSSR count). The maximum atomic E-state index is 12.3. The van der Waals surface area contributed by atoms with Crippen LogP contribution in [-0.4, -0.2) is 24.0 Å². The Balaban J connectivity index is 1.46. The zero-order valence-corrected chi connectivity index (χ0v) is 19.5. The Morgan fingerprint density at radius 3 is 2.25 bits per heavy atom. The highest BCUT2D eigenvalue weighted by Crippen LogP contribution is 2.25. The van der Waals surface area contributed by atoms with Crippen molar-refractivity contribution in [3.8, 4) is 11.5 Å². The standard InChI is InChI=1S/C23H20BrN3O4S/c1-30-20-12-9-17(13-19(20)24)21(28)25-23(32)27-26-22(29)16-7-10-18(11-8-16)31-14-15-5-3-2-4-6-15/h2-13H,14H2,1H3,(H,26,29)(H2,25,27,28,32). The molecule has 0 aromatic heterocycles. The second kappa shape index (κ2) is 11.3. The Kier molecular flexibility index (Phi) is 8.18. The van der Waals surface area contributed by atoms with Gasteiger partial charge in [0.25, 0.3) is 11.8 Å². The van der Waals surface area contributed by atoms with Crippen molar-refractivity contribution < 1.29 is 19.1 Å². The van der Waals surface area contributed by atoms with Gasteiger partial charge in [-0.1, -0.05) is 30.3 Å². The molecular formula is C23H20BrN3O4S. The molecule has 7 nitrogen and oxygen atoms in total. The molecule has 3 aromatic carbocycles. The van der Waals surface area contributed by atoms with Crippen LogP contribution in [0.25, 0.3) is 0 Å². The van der Waals surface area contributed by atoms with E-state index in [1.165, 1.54) is 7.11 Å². The summed E-state index contributed by atoms with van der Waals surface area (Å²) in [5.41, 5.74) is 6.79. The molecule has 0 aliphatic rings. The van der Waals surface area contributed by atoms with Crippen LogP contribution in [0.3, 0.4) is 0 Å². The highest BCUT2D eigenvalue weighted by Gasteiger charge is 2.12. The summed E-state index contributed by atoms with van der Waals surface area (Å²) in [4.78, 5) is 24.6. The predicted molar refractivity (Wildman–Crippen MR) is 129 cm³/mol. The number of benzene rings is 3. The fourth-order valence-electron chi connectivity index (χ4n) is 2.64. The molecule has 0 aliphatic carbocycles. The van der Waals surface area contributed by atoms with Crippen molar-refractivity contribution in [3.05, 3.63) is 94.0 Å². The quantitative estimate of drug-likeness (QED) is 0.341. The first-order chi connectivity index (χ1) is 15.5. The molecule has 0 aliphatic heterocycles. The van der Waals surface area contributed by atoms with Crippen LogP contribution in [0.2, 0.25) is 0 Å². The average Bonchev–Trinajstić information content (AvgIpc) is 2.82. The molecule has 0 atom stereocenters. The first-order valence-corrected chi connectivity index (χ1v) is 10.7. The number of rotatable bonds is 6. The van der Waals surface area contributed by atoms with Crippen molar-refractivity contribution in [2.45, 2.75) is 6.61 Å². The van der Waals surface area contributed by atoms with Crippen molar-refractivity contribution in [1.82, 2.24) is 16.2 Å². The minimum atomic E-state index is -0.431. The van der Waals surface area contributed by atoms with E-state index in [1.54, 1.807) is 42.5 Å². The maximum Gasteiger partial charge on any atom is 0.269 e. The molecule has 164 valence electrons. The van der Waals surface area contributed by atoms with E-state index in [0.717, 1.165) is 5.56 Å². The summed E-state index contributed by atoms with van der Waals surface area (Å²) in [5.74, 6) is 0.404. The van der Waals surface area contributed by atoms with Crippen LogP contribution in [0.1, 0.15) is 26.3 Å². The summed E-state index contributed by atoms with van der Waals surface area (Å²) in [7, 11) is 1.53. The van der Waals surface area contributed by atoms with Crippen LogP contribution in [0.5, 0.6) is 11.5 Å². The Morgan fingerprint density at radius 1 is 0.906 bits per heavy atom. The van der Waals surface area contributed by atoms with E-state index in [4.69, 9.17) is 21.7 Å². The third-order valence-electron chi connectivity index (χ3n) is 4.30. The molecular weight excluding hydrogens is 494 g/mol. The average molecular weight is 514 g/mol. The van der Waals surface area contributed by atoms with Gasteiger partial charge in [-0.2, -0.15) is 0 Å². The van der Waals surface area contributed by atoms with E-state index in [-0.39, 0.29) is 5.11 Å². The first kappa shape index (κ1) is 23.2. The topological polar surface area (TPSA) is 88.7 Å². The lowest BCUT2D eigenvalue weighted by Crippen LogP contribution is -2.48. The van der Waals surface area contributed by atoms with Crippen molar-refractivity contribution in [3.63, 3.8) is 0 Å². The van der Waals surface area contributed by atoms with Gasteiger partial charge < -0.3 is 9.47 Å². The number of methoxy groups -OCH3 is 1. The second-order valence-electron chi connectivity index (χ2n) is 6.51. The molecule has 0 saturated heterocycles. The van der Waals surface area contributed by atoms with Gasteiger partial charge in [-0.3, -0.25) is 25.8 Å². The number of nitrogens with one attached hydrogen (secondary N) is 3. The molecule has 0 unspecified atom stereocenters. The normalized spacial score (nSPS) is 10.1. The lowest BCUT2D eigenvalue weighted by atomic mass is 10.2. The van der Waals surface area contributed by atoms with Gasteiger partial charge in [-0.05, 0) is 76.2 Å². The number of halogens is 1. The zero-order valence-electron chi connectivity index (χ0n) is 17.1. The lowest BCUT2D eigenvalue weighted by molar-refractivity contribution is 0.0934. The highest BCUT2D eigenvalue weighted by atomic mass is 79.9. The lowest BCUT2D eigenvalue weighted by Gasteiger charge is -2.12. The number of hydrogen-bond donors (Lipinski definition) is 3. The summed E-state index contributed by atoms with van der Waals surface area (Å²) in [5, 5.41) is 2.45. The summed E-state index contributed by atoms with van der Waals surface area (Å²) in [6, 6.07) is 21.3. The third kappa shape index (κ3) is 6.53. The van der Waals surface area contributed by atoms with Crippen LogP contribution in [0.15, 0.2) is 77.3 Å². The van der Waals surface area contributed by atoms with Crippen LogP contribution in [-0.2, 0) is 6.61 Å². The number of hydrazine groups is 1. The SMILES string of the molecule is COc1ccc(C(=O)NC(=S)NNC(=O)c2ccc(OCc3ccccc3)cc2)cc1Br. The zero-order chi connectivity index (χ0) is 22.9. The van der Waals surface area contributed by atoms with E-state index < -0.39 is 11.8 Å². The van der Waals surface area contributed by atoms with Crippen molar-refractivity contribution >= 4 is 45.1 Å². The number of amides is 2. The van der Waals surface area contributed by atoms with Gasteiger partial charge in [0.1, 0.15) is 18.1 Å². The highest BCUT2D eigenvalue weighted by molar-refractivity contribution is 9.10. The molecule has 32 heavy (non-hydrogen) atoms. The third-order valence-corrected chi connectivity index (χ3v) is 5.12. The summed E-state index contributed by atoms with van der Waals surface area (Å²) >= 11 is 8.39. The molecule has 0 heterocycles. The van der Waals surface area contributed by atoms with Gasteiger partial charge in [0.15, 0.2) is 5.11 Å². The molecule has 0 saturated carbocycles. The monoisotopic (exact) mass is 513 g/mol. The fraction of sp³-hybridized carbons (Fsp3) is 0.0870. The molecule has 0 bridgehead atoms. The van der Waals surface area contributed by atoms with Crippen LogP contribution in [0.4, 0.5) is 0 Å². The molecule has 0 fully saturated rings. The Bertz CT molecular complexity index is 1110. The minimum Gasteiger partial charge on any atom is -0.496 e. The number of hydrogen-bond acceptors (Lipinski definition) is 5. The van der Waals surface area contributed by atoms with E-state index in [1.807, 2.05) is 30.3 Å². The minimum absolute atomic E-state index is 0.0434. The Hall–Kier alpha value is -3.43. The van der Waals surface area contributed by atoms with E-state index in [9.17, 15) is 9.59 Å². The molecule has 3 aromatic rings. The van der Waals surface area contributed by atoms with E-state index >= 15 is 0 Å². The molecule has 0 radical (unpaired) electrons. The Labute approximate surface area is 199 Å². The maximum absolute atomic E-state index is 12.3. The summed E-state index contributed by atoms with van der Waals surface area (Å²) in [6.07, 6.45) is 0. The molecule has 9 heteroatoms. The number of carbonyl (C=O) groups excluding carboxylic acids is 2. The molecule has 2 amide bonds. The van der Waals surface area contributed by atoms with Gasteiger partial charge >= 0.3 is 0 Å². The predicted octanol–water partition coefficient (Wildman–Crippen LogP) is 3.99. The second-order valence-corrected chi connectivity index (χ2v) is 7.77. The van der Waals surface area contributed by atoms with Gasteiger partial charge in [-0.15, -0.1) is 0 Å². The van der Waals surface area contributed by atoms with Crippen molar-refractivity contribution in [2.24, 2.45) is 0 Å². The van der Waals surface area contributed by atoms with Crippen molar-refractivity contribution in [2.75, 3.05) is 7.11 Å². The molecule has 0 spiro atoms. The number of thiocarbonyl (C=S) groups is 1. The van der Waals surface area contributed by atoms with E-state index in [0.29, 0.717) is 33.7 Å². The van der Waals surface area contributed by atoms with Crippen LogP contribution in [0, 0.1) is 0 Å². The van der Waals surface area contributed by atoms with Gasteiger partial charge in [-0.25, -0.2) is 0 Å². The van der Waals surface area contributed by atoms with Gasteiger partial charge in [0, 0.05) is 11.1 Å².